The molecule has 96 valence electrons. The van der Waals surface area contributed by atoms with Gasteiger partial charge in [0.2, 0.25) is 0 Å². The highest BCUT2D eigenvalue weighted by Gasteiger charge is 2.08. The predicted molar refractivity (Wildman–Crippen MR) is 69.9 cm³/mol. The number of methoxy groups -OCH3 is 2. The molecule has 0 saturated carbocycles. The highest BCUT2D eigenvalue weighted by Crippen LogP contribution is 2.34. The minimum absolute atomic E-state index is 0.604. The third-order valence-electron chi connectivity index (χ3n) is 2.58. The highest BCUT2D eigenvalue weighted by molar-refractivity contribution is 5.72. The molecule has 1 aromatic carbocycles. The van der Waals surface area contributed by atoms with E-state index in [0.29, 0.717) is 23.7 Å². The number of ether oxygens (including phenoxy) is 2. The van der Waals surface area contributed by atoms with Crippen molar-refractivity contribution in [3.05, 3.63) is 30.1 Å². The molecule has 0 radical (unpaired) electrons. The number of nitrogens with one attached hydrogen (secondary N) is 2. The summed E-state index contributed by atoms with van der Waals surface area (Å²) in [5.74, 6) is 1.25. The molecule has 6 heteroatoms. The quantitative estimate of drug-likeness (QED) is 0.700. The van der Waals surface area contributed by atoms with Gasteiger partial charge in [-0.2, -0.15) is 5.10 Å². The molecule has 0 amide bonds. The van der Waals surface area contributed by atoms with Crippen LogP contribution in [-0.2, 0) is 6.54 Å². The third-order valence-corrected chi connectivity index (χ3v) is 2.58. The number of aromatic amines is 1. The molecule has 0 spiro atoms. The summed E-state index contributed by atoms with van der Waals surface area (Å²) in [6.07, 6.45) is 1.70. The molecule has 0 aliphatic carbocycles. The van der Waals surface area contributed by atoms with E-state index in [0.717, 1.165) is 11.4 Å². The number of hydrogen-bond acceptors (Lipinski definition) is 5. The summed E-state index contributed by atoms with van der Waals surface area (Å²) in [6.45, 7) is 0.611. The number of benzene rings is 1. The van der Waals surface area contributed by atoms with Gasteiger partial charge in [0.15, 0.2) is 11.5 Å². The van der Waals surface area contributed by atoms with Crippen LogP contribution in [0.2, 0.25) is 0 Å². The zero-order valence-corrected chi connectivity index (χ0v) is 10.4. The number of nitrogens with zero attached hydrogens (tertiary/aromatic N) is 1. The van der Waals surface area contributed by atoms with E-state index < -0.39 is 0 Å². The van der Waals surface area contributed by atoms with Crippen LogP contribution in [0.15, 0.2) is 24.4 Å². The van der Waals surface area contributed by atoms with Gasteiger partial charge in [-0.15, -0.1) is 0 Å². The summed E-state index contributed by atoms with van der Waals surface area (Å²) < 4.78 is 10.4. The Balaban J connectivity index is 2.17. The van der Waals surface area contributed by atoms with E-state index >= 15 is 0 Å². The Kier molecular flexibility index (Phi) is 3.57. The maximum absolute atomic E-state index is 5.94. The van der Waals surface area contributed by atoms with Crippen molar-refractivity contribution < 1.29 is 9.47 Å². The lowest BCUT2D eigenvalue weighted by molar-refractivity contribution is 0.355. The van der Waals surface area contributed by atoms with E-state index in [1.54, 1.807) is 26.5 Å². The largest absolute Gasteiger partial charge is 0.493 e. The lowest BCUT2D eigenvalue weighted by Gasteiger charge is -2.13. The van der Waals surface area contributed by atoms with E-state index in [4.69, 9.17) is 15.2 Å². The average Bonchev–Trinajstić information content (AvgIpc) is 2.90. The molecule has 0 saturated heterocycles. The Hall–Kier alpha value is -2.37. The first-order valence-corrected chi connectivity index (χ1v) is 5.48. The third kappa shape index (κ3) is 2.48. The lowest BCUT2D eigenvalue weighted by atomic mass is 10.2. The molecular weight excluding hydrogens is 232 g/mol. The van der Waals surface area contributed by atoms with Gasteiger partial charge in [-0.05, 0) is 6.07 Å². The first-order valence-electron chi connectivity index (χ1n) is 5.48. The van der Waals surface area contributed by atoms with Crippen molar-refractivity contribution in [3.8, 4) is 11.5 Å². The van der Waals surface area contributed by atoms with E-state index in [-0.39, 0.29) is 0 Å². The highest BCUT2D eigenvalue weighted by atomic mass is 16.5. The average molecular weight is 248 g/mol. The number of hydrogen-bond donors (Lipinski definition) is 3. The monoisotopic (exact) mass is 248 g/mol. The van der Waals surface area contributed by atoms with Gasteiger partial charge >= 0.3 is 0 Å². The molecule has 0 fully saturated rings. The van der Waals surface area contributed by atoms with Crippen LogP contribution < -0.4 is 20.5 Å². The molecule has 0 aliphatic rings. The topological polar surface area (TPSA) is 85.2 Å². The molecular formula is C12H16N4O2. The molecule has 0 atom stereocenters. The number of H-pyrrole nitrogens is 1. The minimum Gasteiger partial charge on any atom is -0.493 e. The van der Waals surface area contributed by atoms with E-state index in [2.05, 4.69) is 15.5 Å². The van der Waals surface area contributed by atoms with Gasteiger partial charge in [-0.3, -0.25) is 5.10 Å². The fraction of sp³-hybridized carbons (Fsp3) is 0.250. The van der Waals surface area contributed by atoms with Crippen LogP contribution in [0.25, 0.3) is 0 Å². The molecule has 2 aromatic rings. The van der Waals surface area contributed by atoms with Crippen LogP contribution in [0.5, 0.6) is 11.5 Å². The standard InChI is InChI=1S/C12H16N4O2/c1-17-11-5-9(13)10(6-12(11)18-2)14-7-8-3-4-15-16-8/h3-6,14H,7,13H2,1-2H3,(H,15,16). The number of aromatic nitrogens is 2. The molecule has 6 nitrogen and oxygen atoms in total. The predicted octanol–water partition coefficient (Wildman–Crippen LogP) is 1.62. The fourth-order valence-electron chi connectivity index (χ4n) is 1.62. The zero-order valence-electron chi connectivity index (χ0n) is 10.4. The van der Waals surface area contributed by atoms with Crippen molar-refractivity contribution in [1.82, 2.24) is 10.2 Å². The molecule has 0 bridgehead atoms. The van der Waals surface area contributed by atoms with Crippen molar-refractivity contribution in [2.45, 2.75) is 6.54 Å². The van der Waals surface area contributed by atoms with Crippen LogP contribution >= 0.6 is 0 Å². The Labute approximate surface area is 105 Å². The van der Waals surface area contributed by atoms with Gasteiger partial charge < -0.3 is 20.5 Å². The SMILES string of the molecule is COc1cc(N)c(NCc2ccn[nH]2)cc1OC. The number of nitrogens with two attached hydrogens (primary N) is 1. The van der Waals surface area contributed by atoms with E-state index in [1.165, 1.54) is 0 Å². The molecule has 18 heavy (non-hydrogen) atoms. The summed E-state index contributed by atoms with van der Waals surface area (Å²) in [7, 11) is 3.17. The van der Waals surface area contributed by atoms with E-state index in [9.17, 15) is 0 Å². The van der Waals surface area contributed by atoms with Gasteiger partial charge in [0, 0.05) is 18.3 Å². The fourth-order valence-corrected chi connectivity index (χ4v) is 1.62. The van der Waals surface area contributed by atoms with Crippen molar-refractivity contribution in [2.75, 3.05) is 25.3 Å². The Morgan fingerprint density at radius 2 is 2.00 bits per heavy atom. The lowest BCUT2D eigenvalue weighted by Crippen LogP contribution is -2.04. The Bertz CT molecular complexity index is 511. The maximum Gasteiger partial charge on any atom is 0.162 e. The van der Waals surface area contributed by atoms with Gasteiger partial charge in [-0.25, -0.2) is 0 Å². The molecule has 0 unspecified atom stereocenters. The van der Waals surface area contributed by atoms with Crippen molar-refractivity contribution in [1.29, 1.82) is 0 Å². The van der Waals surface area contributed by atoms with Crippen LogP contribution in [0.1, 0.15) is 5.69 Å². The molecule has 1 aromatic heterocycles. The number of rotatable bonds is 5. The normalized spacial score (nSPS) is 10.1. The van der Waals surface area contributed by atoms with Crippen LogP contribution in [0, 0.1) is 0 Å². The van der Waals surface area contributed by atoms with Gasteiger partial charge in [0.25, 0.3) is 0 Å². The van der Waals surface area contributed by atoms with Crippen LogP contribution in [-0.4, -0.2) is 24.4 Å². The Morgan fingerprint density at radius 3 is 2.61 bits per heavy atom. The second kappa shape index (κ2) is 5.31. The summed E-state index contributed by atoms with van der Waals surface area (Å²) in [5.41, 5.74) is 8.31. The molecule has 4 N–H and O–H groups in total. The van der Waals surface area contributed by atoms with Crippen LogP contribution in [0.3, 0.4) is 0 Å². The van der Waals surface area contributed by atoms with Crippen LogP contribution in [0.4, 0.5) is 11.4 Å². The minimum atomic E-state index is 0.604. The molecule has 2 rings (SSSR count). The summed E-state index contributed by atoms with van der Waals surface area (Å²) in [4.78, 5) is 0. The van der Waals surface area contributed by atoms with Crippen molar-refractivity contribution in [3.63, 3.8) is 0 Å². The number of anilines is 2. The first-order chi connectivity index (χ1) is 8.74. The molecule has 1 heterocycles. The summed E-state index contributed by atoms with van der Waals surface area (Å²) in [5, 5.41) is 9.96. The van der Waals surface area contributed by atoms with Gasteiger partial charge in [0.05, 0.1) is 37.8 Å². The summed E-state index contributed by atoms with van der Waals surface area (Å²) >= 11 is 0. The zero-order chi connectivity index (χ0) is 13.0. The van der Waals surface area contributed by atoms with E-state index in [1.807, 2.05) is 12.1 Å². The smallest absolute Gasteiger partial charge is 0.162 e. The number of nitrogen functional groups attached to an aromatic ring is 1. The molecule has 0 aliphatic heterocycles. The second-order valence-electron chi connectivity index (χ2n) is 3.73. The second-order valence-corrected chi connectivity index (χ2v) is 3.73. The Morgan fingerprint density at radius 1 is 1.28 bits per heavy atom. The maximum atomic E-state index is 5.94. The summed E-state index contributed by atoms with van der Waals surface area (Å²) in [6, 6.07) is 5.43. The van der Waals surface area contributed by atoms with Crippen molar-refractivity contribution in [2.24, 2.45) is 0 Å². The van der Waals surface area contributed by atoms with Gasteiger partial charge in [0.1, 0.15) is 0 Å². The van der Waals surface area contributed by atoms with Gasteiger partial charge in [-0.1, -0.05) is 0 Å². The van der Waals surface area contributed by atoms with Crippen molar-refractivity contribution >= 4 is 11.4 Å². The first kappa shape index (κ1) is 12.1.